The van der Waals surface area contributed by atoms with E-state index in [1.807, 2.05) is 11.8 Å². The minimum Gasteiger partial charge on any atom is -0.396 e. The van der Waals surface area contributed by atoms with Gasteiger partial charge in [-0.15, -0.1) is 0 Å². The van der Waals surface area contributed by atoms with Crippen LogP contribution in [0.1, 0.15) is 33.1 Å². The maximum atomic E-state index is 11.9. The largest absolute Gasteiger partial charge is 0.396 e. The zero-order valence-corrected chi connectivity index (χ0v) is 11.3. The Labute approximate surface area is 109 Å². The molecule has 102 valence electrons. The van der Waals surface area contributed by atoms with E-state index in [0.29, 0.717) is 25.4 Å². The van der Waals surface area contributed by atoms with Crippen LogP contribution < -0.4 is 5.32 Å². The van der Waals surface area contributed by atoms with Crippen LogP contribution in [0.2, 0.25) is 0 Å². The lowest BCUT2D eigenvalue weighted by Crippen LogP contribution is -2.50. The van der Waals surface area contributed by atoms with Gasteiger partial charge in [0.2, 0.25) is 5.91 Å². The third-order valence-corrected chi connectivity index (χ3v) is 3.47. The smallest absolute Gasteiger partial charge is 0.235 e. The molecule has 1 saturated carbocycles. The zero-order valence-electron chi connectivity index (χ0n) is 11.3. The lowest BCUT2D eigenvalue weighted by Gasteiger charge is -2.25. The van der Waals surface area contributed by atoms with Gasteiger partial charge in [0.15, 0.2) is 0 Å². The quantitative estimate of drug-likeness (QED) is 0.660. The summed E-state index contributed by atoms with van der Waals surface area (Å²) in [5, 5.41) is 20.8. The second-order valence-corrected chi connectivity index (χ2v) is 5.08. The third-order valence-electron chi connectivity index (χ3n) is 3.47. The second kappa shape index (κ2) is 6.72. The van der Waals surface area contributed by atoms with Crippen LogP contribution in [-0.4, -0.2) is 47.7 Å². The van der Waals surface area contributed by atoms with Crippen LogP contribution in [0.5, 0.6) is 0 Å². The van der Waals surface area contributed by atoms with E-state index in [1.54, 1.807) is 6.92 Å². The highest BCUT2D eigenvalue weighted by atomic mass is 16.3. The number of carbonyl (C=O) groups excluding carboxylic acids is 1. The van der Waals surface area contributed by atoms with E-state index in [2.05, 4.69) is 11.4 Å². The number of aliphatic hydroxyl groups excluding tert-OH is 1. The number of aliphatic hydroxyl groups is 1. The standard InChI is InChI=1S/C13H23N3O2/c1-3-16(7-4-8-17)9-12(18)15-13(2,10-14)11-5-6-11/h11,17H,3-9H2,1-2H3,(H,15,18). The van der Waals surface area contributed by atoms with E-state index in [1.165, 1.54) is 0 Å². The predicted molar refractivity (Wildman–Crippen MR) is 68.7 cm³/mol. The van der Waals surface area contributed by atoms with E-state index in [9.17, 15) is 4.79 Å². The number of hydrogen-bond donors (Lipinski definition) is 2. The molecule has 0 saturated heterocycles. The van der Waals surface area contributed by atoms with E-state index in [4.69, 9.17) is 10.4 Å². The summed E-state index contributed by atoms with van der Waals surface area (Å²) in [4.78, 5) is 13.9. The first-order valence-electron chi connectivity index (χ1n) is 6.61. The average molecular weight is 253 g/mol. The summed E-state index contributed by atoms with van der Waals surface area (Å²) in [5.41, 5.74) is -0.715. The molecule has 0 heterocycles. The summed E-state index contributed by atoms with van der Waals surface area (Å²) in [6.07, 6.45) is 2.71. The number of likely N-dealkylation sites (N-methyl/N-ethyl adjacent to an activating group) is 1. The molecule has 1 aliphatic rings. The monoisotopic (exact) mass is 253 g/mol. The van der Waals surface area contributed by atoms with Gasteiger partial charge in [0, 0.05) is 13.2 Å². The molecule has 1 atom stereocenters. The minimum absolute atomic E-state index is 0.106. The molecule has 0 aromatic rings. The van der Waals surface area contributed by atoms with Crippen molar-refractivity contribution in [3.05, 3.63) is 0 Å². The first-order valence-corrected chi connectivity index (χ1v) is 6.61. The Kier molecular flexibility index (Phi) is 5.57. The van der Waals surface area contributed by atoms with Crippen LogP contribution in [0.4, 0.5) is 0 Å². The van der Waals surface area contributed by atoms with Crippen molar-refractivity contribution < 1.29 is 9.90 Å². The lowest BCUT2D eigenvalue weighted by molar-refractivity contribution is -0.123. The van der Waals surface area contributed by atoms with Crippen molar-refractivity contribution in [3.63, 3.8) is 0 Å². The van der Waals surface area contributed by atoms with Crippen molar-refractivity contribution in [2.24, 2.45) is 5.92 Å². The minimum atomic E-state index is -0.715. The van der Waals surface area contributed by atoms with Crippen LogP contribution in [0.15, 0.2) is 0 Å². The molecule has 0 bridgehead atoms. The average Bonchev–Trinajstić information content (AvgIpc) is 3.18. The highest BCUT2D eigenvalue weighted by Gasteiger charge is 2.43. The number of hydrogen-bond acceptors (Lipinski definition) is 4. The normalized spacial score (nSPS) is 18.2. The molecule has 0 aromatic carbocycles. The summed E-state index contributed by atoms with van der Waals surface area (Å²) in [7, 11) is 0. The number of nitriles is 1. The Hall–Kier alpha value is -1.12. The van der Waals surface area contributed by atoms with Gasteiger partial charge in [-0.1, -0.05) is 6.92 Å². The molecule has 1 fully saturated rings. The maximum Gasteiger partial charge on any atom is 0.235 e. The van der Waals surface area contributed by atoms with Gasteiger partial charge >= 0.3 is 0 Å². The van der Waals surface area contributed by atoms with Crippen molar-refractivity contribution in [3.8, 4) is 6.07 Å². The Morgan fingerprint density at radius 3 is 2.72 bits per heavy atom. The summed E-state index contributed by atoms with van der Waals surface area (Å²) >= 11 is 0. The van der Waals surface area contributed by atoms with Crippen LogP contribution in [0.3, 0.4) is 0 Å². The van der Waals surface area contributed by atoms with Crippen LogP contribution in [0.25, 0.3) is 0 Å². The SMILES string of the molecule is CCN(CCCO)CC(=O)NC(C)(C#N)C1CC1. The predicted octanol–water partition coefficient (Wildman–Crippen LogP) is 0.499. The number of carbonyl (C=O) groups is 1. The van der Waals surface area contributed by atoms with E-state index in [0.717, 1.165) is 19.4 Å². The Morgan fingerprint density at radius 1 is 1.61 bits per heavy atom. The summed E-state index contributed by atoms with van der Waals surface area (Å²) in [5.74, 6) is 0.199. The molecule has 0 aromatic heterocycles. The van der Waals surface area contributed by atoms with Gasteiger partial charge in [-0.2, -0.15) is 5.26 Å². The summed E-state index contributed by atoms with van der Waals surface area (Å²) in [6.45, 7) is 5.67. The molecule has 1 aliphatic carbocycles. The molecule has 2 N–H and O–H groups in total. The van der Waals surface area contributed by atoms with Gasteiger partial charge in [0.1, 0.15) is 5.54 Å². The number of nitrogens with zero attached hydrogens (tertiary/aromatic N) is 2. The highest BCUT2D eigenvalue weighted by Crippen LogP contribution is 2.39. The Balaban J connectivity index is 2.42. The van der Waals surface area contributed by atoms with Crippen LogP contribution in [0, 0.1) is 17.2 Å². The number of amides is 1. The molecular formula is C13H23N3O2. The van der Waals surface area contributed by atoms with Gasteiger partial charge in [0.05, 0.1) is 12.6 Å². The molecule has 1 rings (SSSR count). The van der Waals surface area contributed by atoms with Gasteiger partial charge in [-0.05, 0) is 38.6 Å². The van der Waals surface area contributed by atoms with Gasteiger partial charge in [0.25, 0.3) is 0 Å². The molecule has 1 unspecified atom stereocenters. The molecule has 18 heavy (non-hydrogen) atoms. The van der Waals surface area contributed by atoms with Crippen LogP contribution in [-0.2, 0) is 4.79 Å². The fourth-order valence-corrected chi connectivity index (χ4v) is 2.06. The first kappa shape index (κ1) is 14.9. The molecule has 0 spiro atoms. The van der Waals surface area contributed by atoms with Gasteiger partial charge < -0.3 is 10.4 Å². The number of rotatable bonds is 8. The first-order chi connectivity index (χ1) is 8.55. The second-order valence-electron chi connectivity index (χ2n) is 5.08. The van der Waals surface area contributed by atoms with Gasteiger partial charge in [-0.25, -0.2) is 0 Å². The topological polar surface area (TPSA) is 76.4 Å². The fourth-order valence-electron chi connectivity index (χ4n) is 2.06. The van der Waals surface area contributed by atoms with E-state index in [-0.39, 0.29) is 12.5 Å². The highest BCUT2D eigenvalue weighted by molar-refractivity contribution is 5.79. The van der Waals surface area contributed by atoms with Crippen molar-refractivity contribution in [2.45, 2.75) is 38.6 Å². The van der Waals surface area contributed by atoms with Crippen molar-refractivity contribution in [1.29, 1.82) is 5.26 Å². The number of nitrogens with one attached hydrogen (secondary N) is 1. The van der Waals surface area contributed by atoms with Crippen molar-refractivity contribution >= 4 is 5.91 Å². The molecular weight excluding hydrogens is 230 g/mol. The summed E-state index contributed by atoms with van der Waals surface area (Å²) in [6, 6.07) is 2.22. The van der Waals surface area contributed by atoms with Gasteiger partial charge in [-0.3, -0.25) is 9.69 Å². The van der Waals surface area contributed by atoms with E-state index < -0.39 is 5.54 Å². The Morgan fingerprint density at radius 2 is 2.28 bits per heavy atom. The maximum absolute atomic E-state index is 11.9. The Bertz CT molecular complexity index is 323. The fraction of sp³-hybridized carbons (Fsp3) is 0.846. The van der Waals surface area contributed by atoms with Crippen LogP contribution >= 0.6 is 0 Å². The lowest BCUT2D eigenvalue weighted by atomic mass is 9.98. The zero-order chi connectivity index (χ0) is 13.6. The van der Waals surface area contributed by atoms with Crippen molar-refractivity contribution in [1.82, 2.24) is 10.2 Å². The van der Waals surface area contributed by atoms with E-state index >= 15 is 0 Å². The molecule has 0 radical (unpaired) electrons. The molecule has 5 heteroatoms. The molecule has 5 nitrogen and oxygen atoms in total. The van der Waals surface area contributed by atoms with Crippen molar-refractivity contribution in [2.75, 3.05) is 26.2 Å². The molecule has 0 aliphatic heterocycles. The molecule has 1 amide bonds. The summed E-state index contributed by atoms with van der Waals surface area (Å²) < 4.78 is 0. The third kappa shape index (κ3) is 4.28.